The van der Waals surface area contributed by atoms with Crippen LogP contribution in [0.15, 0.2) is 66.0 Å². The van der Waals surface area contributed by atoms with E-state index >= 15 is 0 Å². The van der Waals surface area contributed by atoms with E-state index in [2.05, 4.69) is 37.7 Å². The Morgan fingerprint density at radius 3 is 2.32 bits per heavy atom. The van der Waals surface area contributed by atoms with Crippen LogP contribution in [0.5, 0.6) is 11.5 Å². The second-order valence-electron chi connectivity index (χ2n) is 8.36. The van der Waals surface area contributed by atoms with Crippen LogP contribution in [0, 0.1) is 6.92 Å². The number of halogens is 2. The molecule has 0 aliphatic carbocycles. The lowest BCUT2D eigenvalue weighted by Gasteiger charge is -2.23. The molecule has 0 aliphatic rings. The van der Waals surface area contributed by atoms with Crippen LogP contribution >= 0.6 is 23.2 Å². The first-order chi connectivity index (χ1) is 19.7. The van der Waals surface area contributed by atoms with Gasteiger partial charge in [0.2, 0.25) is 5.91 Å². The highest BCUT2D eigenvalue weighted by Gasteiger charge is 2.25. The zero-order valence-electron chi connectivity index (χ0n) is 22.2. The minimum Gasteiger partial charge on any atom is -0.495 e. The average Bonchev–Trinajstić information content (AvgIpc) is 3.39. The van der Waals surface area contributed by atoms with Gasteiger partial charge in [-0.1, -0.05) is 47.1 Å². The number of benzene rings is 2. The highest BCUT2D eigenvalue weighted by Crippen LogP contribution is 2.44. The summed E-state index contributed by atoms with van der Waals surface area (Å²) in [5.74, 6) is 1.04. The van der Waals surface area contributed by atoms with Gasteiger partial charge in [-0.2, -0.15) is 0 Å². The van der Waals surface area contributed by atoms with Gasteiger partial charge in [0.05, 0.1) is 43.5 Å². The number of hydrogen-bond donors (Lipinski definition) is 3. The normalized spacial score (nSPS) is 10.5. The predicted octanol–water partition coefficient (Wildman–Crippen LogP) is 6.20. The van der Waals surface area contributed by atoms with E-state index < -0.39 is 6.03 Å². The Labute approximate surface area is 245 Å². The first-order valence-electron chi connectivity index (χ1n) is 12.0. The standard InChI is InChI=1S/C27H25Cl2N7O5/c1-5-23(37)33-18-9-7-6-8-17(18)32-21-12-22(31-14-30-21)36(13-16-10-15(2)35-41-16)27(38)34-26-24(28)19(39-3)11-20(40-4)25(26)29/h5-12,14H,1,13H2,2-4H3,(H,33,37)(H,34,38)(H,30,31,32). The van der Waals surface area contributed by atoms with Crippen LogP contribution in [-0.2, 0) is 11.3 Å². The van der Waals surface area contributed by atoms with Crippen molar-refractivity contribution in [3.05, 3.63) is 82.9 Å². The molecule has 0 unspecified atom stereocenters. The van der Waals surface area contributed by atoms with Crippen molar-refractivity contribution in [3.8, 4) is 11.5 Å². The Morgan fingerprint density at radius 1 is 1.02 bits per heavy atom. The average molecular weight is 598 g/mol. The molecule has 12 nitrogen and oxygen atoms in total. The minimum absolute atomic E-state index is 0.0502. The summed E-state index contributed by atoms with van der Waals surface area (Å²) < 4.78 is 16.0. The maximum Gasteiger partial charge on any atom is 0.328 e. The third kappa shape index (κ3) is 6.86. The summed E-state index contributed by atoms with van der Waals surface area (Å²) in [6, 6.07) is 11.1. The van der Waals surface area contributed by atoms with Crippen LogP contribution < -0.4 is 30.3 Å². The van der Waals surface area contributed by atoms with Crippen molar-refractivity contribution in [2.24, 2.45) is 0 Å². The van der Waals surface area contributed by atoms with Crippen molar-refractivity contribution in [1.29, 1.82) is 0 Å². The van der Waals surface area contributed by atoms with Gasteiger partial charge in [0.25, 0.3) is 0 Å². The number of anilines is 5. The van der Waals surface area contributed by atoms with Crippen molar-refractivity contribution >= 4 is 63.8 Å². The lowest BCUT2D eigenvalue weighted by atomic mass is 10.2. The number of aryl methyl sites for hydroxylation is 1. The molecule has 0 saturated carbocycles. The Balaban J connectivity index is 1.69. The van der Waals surface area contributed by atoms with Crippen molar-refractivity contribution < 1.29 is 23.6 Å². The number of ether oxygens (including phenoxy) is 2. The first-order valence-corrected chi connectivity index (χ1v) is 12.7. The highest BCUT2D eigenvalue weighted by atomic mass is 35.5. The molecule has 212 valence electrons. The summed E-state index contributed by atoms with van der Waals surface area (Å²) in [5, 5.41) is 12.6. The Hall–Kier alpha value is -4.81. The van der Waals surface area contributed by atoms with Gasteiger partial charge in [-0.3, -0.25) is 9.69 Å². The maximum atomic E-state index is 13.7. The smallest absolute Gasteiger partial charge is 0.328 e. The zero-order valence-corrected chi connectivity index (χ0v) is 23.7. The number of nitrogens with one attached hydrogen (secondary N) is 3. The third-order valence-electron chi connectivity index (χ3n) is 5.60. The van der Waals surface area contributed by atoms with Gasteiger partial charge in [0.15, 0.2) is 5.76 Å². The number of rotatable bonds is 10. The number of urea groups is 1. The highest BCUT2D eigenvalue weighted by molar-refractivity contribution is 6.41. The molecule has 0 radical (unpaired) electrons. The summed E-state index contributed by atoms with van der Waals surface area (Å²) >= 11 is 13.0. The number of carbonyl (C=O) groups is 2. The molecule has 0 bridgehead atoms. The summed E-state index contributed by atoms with van der Waals surface area (Å²) in [7, 11) is 2.85. The van der Waals surface area contributed by atoms with Crippen LogP contribution in [-0.4, -0.2) is 41.3 Å². The van der Waals surface area contributed by atoms with Gasteiger partial charge in [-0.05, 0) is 25.1 Å². The molecule has 0 fully saturated rings. The fourth-order valence-electron chi connectivity index (χ4n) is 3.66. The molecule has 0 saturated heterocycles. The van der Waals surface area contributed by atoms with Crippen LogP contribution in [0.2, 0.25) is 10.0 Å². The van der Waals surface area contributed by atoms with Crippen LogP contribution in [0.4, 0.5) is 33.5 Å². The summed E-state index contributed by atoms with van der Waals surface area (Å²) in [6.07, 6.45) is 2.45. The van der Waals surface area contributed by atoms with E-state index in [-0.39, 0.29) is 45.5 Å². The number of hydrogen-bond acceptors (Lipinski definition) is 9. The predicted molar refractivity (Wildman–Crippen MR) is 157 cm³/mol. The van der Waals surface area contributed by atoms with E-state index in [0.717, 1.165) is 6.08 Å². The second kappa shape index (κ2) is 13.0. The van der Waals surface area contributed by atoms with Gasteiger partial charge in [0.1, 0.15) is 39.5 Å². The number of nitrogens with zero attached hydrogens (tertiary/aromatic N) is 4. The number of aromatic nitrogens is 3. The Kier molecular flexibility index (Phi) is 9.27. The van der Waals surface area contributed by atoms with E-state index in [1.54, 1.807) is 43.3 Å². The van der Waals surface area contributed by atoms with E-state index in [1.165, 1.54) is 31.5 Å². The minimum atomic E-state index is -0.651. The molecular weight excluding hydrogens is 573 g/mol. The molecule has 2 aromatic heterocycles. The number of methoxy groups -OCH3 is 2. The molecule has 3 N–H and O–H groups in total. The molecule has 3 amide bonds. The lowest BCUT2D eigenvalue weighted by molar-refractivity contribution is -0.111. The van der Waals surface area contributed by atoms with E-state index in [4.69, 9.17) is 37.2 Å². The largest absolute Gasteiger partial charge is 0.495 e. The summed E-state index contributed by atoms with van der Waals surface area (Å²) in [6.45, 7) is 5.18. The monoisotopic (exact) mass is 597 g/mol. The van der Waals surface area contributed by atoms with E-state index in [0.29, 0.717) is 28.6 Å². The van der Waals surface area contributed by atoms with Gasteiger partial charge in [0, 0.05) is 18.2 Å². The molecule has 2 aromatic carbocycles. The van der Waals surface area contributed by atoms with Gasteiger partial charge < -0.3 is 29.9 Å². The molecule has 2 heterocycles. The zero-order chi connectivity index (χ0) is 29.5. The Morgan fingerprint density at radius 2 is 1.71 bits per heavy atom. The molecule has 0 atom stereocenters. The number of para-hydroxylation sites is 2. The lowest BCUT2D eigenvalue weighted by Crippen LogP contribution is -2.35. The van der Waals surface area contributed by atoms with Gasteiger partial charge in [-0.15, -0.1) is 0 Å². The van der Waals surface area contributed by atoms with Crippen molar-refractivity contribution in [1.82, 2.24) is 15.1 Å². The van der Waals surface area contributed by atoms with Crippen LogP contribution in [0.3, 0.4) is 0 Å². The number of carbonyl (C=O) groups excluding carboxylic acids is 2. The quantitative estimate of drug-likeness (QED) is 0.182. The summed E-state index contributed by atoms with van der Waals surface area (Å²) in [5.41, 5.74) is 1.76. The maximum absolute atomic E-state index is 13.7. The molecule has 41 heavy (non-hydrogen) atoms. The molecule has 4 aromatic rings. The SMILES string of the molecule is C=CC(=O)Nc1ccccc1Nc1cc(N(Cc2cc(C)no2)C(=O)Nc2c(Cl)c(OC)cc(OC)c2Cl)ncn1. The molecular formula is C27H25Cl2N7O5. The Bertz CT molecular complexity index is 1570. The van der Waals surface area contributed by atoms with Crippen molar-refractivity contribution in [3.63, 3.8) is 0 Å². The molecule has 14 heteroatoms. The van der Waals surface area contributed by atoms with Crippen LogP contribution in [0.25, 0.3) is 0 Å². The van der Waals surface area contributed by atoms with E-state index in [9.17, 15) is 9.59 Å². The first kappa shape index (κ1) is 29.2. The van der Waals surface area contributed by atoms with Gasteiger partial charge >= 0.3 is 6.03 Å². The van der Waals surface area contributed by atoms with Crippen molar-refractivity contribution in [2.45, 2.75) is 13.5 Å². The molecule has 0 spiro atoms. The summed E-state index contributed by atoms with van der Waals surface area (Å²) in [4.78, 5) is 35.4. The molecule has 0 aliphatic heterocycles. The fraction of sp³-hybridized carbons (Fsp3) is 0.148. The topological polar surface area (TPSA) is 144 Å². The molecule has 4 rings (SSSR count). The van der Waals surface area contributed by atoms with E-state index in [1.807, 2.05) is 0 Å². The third-order valence-corrected chi connectivity index (χ3v) is 6.35. The van der Waals surface area contributed by atoms with Crippen molar-refractivity contribution in [2.75, 3.05) is 35.1 Å². The number of amides is 3. The second-order valence-corrected chi connectivity index (χ2v) is 9.12. The fourth-order valence-corrected chi connectivity index (χ4v) is 4.25. The van der Waals surface area contributed by atoms with Gasteiger partial charge in [-0.25, -0.2) is 14.8 Å². The van der Waals surface area contributed by atoms with Crippen LogP contribution in [0.1, 0.15) is 11.5 Å².